The van der Waals surface area contributed by atoms with Crippen molar-refractivity contribution in [3.05, 3.63) is 72.0 Å². The van der Waals surface area contributed by atoms with Gasteiger partial charge in [-0.25, -0.2) is 4.39 Å². The number of hydrogen-bond donors (Lipinski definition) is 1. The minimum atomic E-state index is -0.410. The molecule has 0 saturated heterocycles. The van der Waals surface area contributed by atoms with Crippen LogP contribution in [-0.2, 0) is 6.61 Å². The fourth-order valence-electron chi connectivity index (χ4n) is 2.19. The van der Waals surface area contributed by atoms with Gasteiger partial charge >= 0.3 is 0 Å². The van der Waals surface area contributed by atoms with Crippen LogP contribution in [0, 0.1) is 5.82 Å². The Bertz CT molecular complexity index is 750. The standard InChI is InChI=1S/C17H14FNO/c18-17-13(7-3-9-15(17)19)11-20-16-10-4-6-12-5-1-2-8-14(12)16/h1-10H,11,19H2. The molecule has 3 aromatic rings. The molecule has 0 amide bonds. The molecule has 2 N–H and O–H groups in total. The maximum atomic E-state index is 13.8. The monoisotopic (exact) mass is 267 g/mol. The molecule has 20 heavy (non-hydrogen) atoms. The van der Waals surface area contributed by atoms with Crippen LogP contribution < -0.4 is 10.5 Å². The van der Waals surface area contributed by atoms with E-state index in [-0.39, 0.29) is 12.3 Å². The number of ether oxygens (including phenoxy) is 1. The highest BCUT2D eigenvalue weighted by Crippen LogP contribution is 2.26. The molecule has 0 aliphatic heterocycles. The van der Waals surface area contributed by atoms with Crippen LogP contribution in [0.15, 0.2) is 60.7 Å². The molecule has 0 aromatic heterocycles. The largest absolute Gasteiger partial charge is 0.488 e. The summed E-state index contributed by atoms with van der Waals surface area (Å²) in [5.41, 5.74) is 6.15. The van der Waals surface area contributed by atoms with Crippen molar-refractivity contribution in [3.63, 3.8) is 0 Å². The number of rotatable bonds is 3. The first-order chi connectivity index (χ1) is 9.75. The molecule has 0 atom stereocenters. The Hall–Kier alpha value is -2.55. The van der Waals surface area contributed by atoms with Crippen molar-refractivity contribution in [2.45, 2.75) is 6.61 Å². The van der Waals surface area contributed by atoms with E-state index in [1.165, 1.54) is 6.07 Å². The van der Waals surface area contributed by atoms with Crippen molar-refractivity contribution < 1.29 is 9.13 Å². The van der Waals surface area contributed by atoms with E-state index in [0.29, 0.717) is 5.56 Å². The van der Waals surface area contributed by atoms with E-state index in [2.05, 4.69) is 0 Å². The summed E-state index contributed by atoms with van der Waals surface area (Å²) in [7, 11) is 0. The van der Waals surface area contributed by atoms with Gasteiger partial charge in [-0.2, -0.15) is 0 Å². The first-order valence-electron chi connectivity index (χ1n) is 6.39. The quantitative estimate of drug-likeness (QED) is 0.724. The highest BCUT2D eigenvalue weighted by atomic mass is 19.1. The van der Waals surface area contributed by atoms with Crippen LogP contribution in [-0.4, -0.2) is 0 Å². The second-order valence-corrected chi connectivity index (χ2v) is 4.59. The molecule has 0 fully saturated rings. The fourth-order valence-corrected chi connectivity index (χ4v) is 2.19. The Labute approximate surface area is 116 Å². The lowest BCUT2D eigenvalue weighted by atomic mass is 10.1. The van der Waals surface area contributed by atoms with Crippen molar-refractivity contribution in [2.75, 3.05) is 5.73 Å². The zero-order valence-electron chi connectivity index (χ0n) is 10.8. The summed E-state index contributed by atoms with van der Waals surface area (Å²) in [5.74, 6) is 0.331. The Kier molecular flexibility index (Phi) is 3.25. The molecule has 0 aliphatic rings. The number of anilines is 1. The minimum absolute atomic E-state index is 0.143. The van der Waals surface area contributed by atoms with Crippen molar-refractivity contribution >= 4 is 16.5 Å². The summed E-state index contributed by atoms with van der Waals surface area (Å²) in [6.45, 7) is 0.158. The fraction of sp³-hybridized carbons (Fsp3) is 0.0588. The molecule has 0 heterocycles. The van der Waals surface area contributed by atoms with Crippen molar-refractivity contribution in [1.29, 1.82) is 0 Å². The smallest absolute Gasteiger partial charge is 0.152 e. The Balaban J connectivity index is 1.89. The van der Waals surface area contributed by atoms with Gasteiger partial charge in [-0.05, 0) is 17.5 Å². The number of benzene rings is 3. The first-order valence-corrected chi connectivity index (χ1v) is 6.39. The Morgan fingerprint density at radius 1 is 0.900 bits per heavy atom. The average Bonchev–Trinajstić information content (AvgIpc) is 2.49. The summed E-state index contributed by atoms with van der Waals surface area (Å²) in [4.78, 5) is 0. The number of nitrogen functional groups attached to an aromatic ring is 1. The molecule has 2 nitrogen and oxygen atoms in total. The summed E-state index contributed by atoms with van der Waals surface area (Å²) >= 11 is 0. The van der Waals surface area contributed by atoms with E-state index in [4.69, 9.17) is 10.5 Å². The Morgan fingerprint density at radius 3 is 2.55 bits per heavy atom. The third-order valence-corrected chi connectivity index (χ3v) is 3.24. The van der Waals surface area contributed by atoms with Gasteiger partial charge in [-0.3, -0.25) is 0 Å². The predicted molar refractivity (Wildman–Crippen MR) is 79.1 cm³/mol. The number of fused-ring (bicyclic) bond motifs is 1. The Morgan fingerprint density at radius 2 is 1.65 bits per heavy atom. The third kappa shape index (κ3) is 2.30. The summed E-state index contributed by atoms with van der Waals surface area (Å²) in [6, 6.07) is 18.7. The normalized spacial score (nSPS) is 10.7. The van der Waals surface area contributed by atoms with Crippen LogP contribution in [0.5, 0.6) is 5.75 Å². The van der Waals surface area contributed by atoms with Crippen LogP contribution >= 0.6 is 0 Å². The number of halogens is 1. The first kappa shape index (κ1) is 12.5. The van der Waals surface area contributed by atoms with Crippen LogP contribution in [0.1, 0.15) is 5.56 Å². The van der Waals surface area contributed by atoms with Crippen molar-refractivity contribution in [1.82, 2.24) is 0 Å². The molecule has 100 valence electrons. The minimum Gasteiger partial charge on any atom is -0.488 e. The van der Waals surface area contributed by atoms with Gasteiger partial charge in [0.2, 0.25) is 0 Å². The SMILES string of the molecule is Nc1cccc(COc2cccc3ccccc23)c1F. The lowest BCUT2D eigenvalue weighted by Gasteiger charge is -2.10. The van der Waals surface area contributed by atoms with Gasteiger partial charge in [0.05, 0.1) is 5.69 Å². The summed E-state index contributed by atoms with van der Waals surface area (Å²) < 4.78 is 19.6. The summed E-state index contributed by atoms with van der Waals surface area (Å²) in [6.07, 6.45) is 0. The van der Waals surface area contributed by atoms with Crippen molar-refractivity contribution in [3.8, 4) is 5.75 Å². The van der Waals surface area contributed by atoms with Gasteiger partial charge in [0.15, 0.2) is 5.82 Å². The van der Waals surface area contributed by atoms with E-state index in [1.54, 1.807) is 12.1 Å². The molecule has 3 heteroatoms. The molecule has 0 aliphatic carbocycles. The van der Waals surface area contributed by atoms with E-state index in [1.807, 2.05) is 42.5 Å². The third-order valence-electron chi connectivity index (χ3n) is 3.24. The van der Waals surface area contributed by atoms with Gasteiger partial charge < -0.3 is 10.5 Å². The molecule has 0 spiro atoms. The average molecular weight is 267 g/mol. The number of hydrogen-bond acceptors (Lipinski definition) is 2. The second kappa shape index (κ2) is 5.21. The van der Waals surface area contributed by atoms with Gasteiger partial charge in [-0.1, -0.05) is 48.5 Å². The van der Waals surface area contributed by atoms with E-state index >= 15 is 0 Å². The van der Waals surface area contributed by atoms with E-state index in [0.717, 1.165) is 16.5 Å². The maximum Gasteiger partial charge on any atom is 0.152 e. The predicted octanol–water partition coefficient (Wildman–Crippen LogP) is 4.14. The number of nitrogens with two attached hydrogens (primary N) is 1. The molecule has 0 radical (unpaired) electrons. The lowest BCUT2D eigenvalue weighted by molar-refractivity contribution is 0.304. The van der Waals surface area contributed by atoms with Crippen LogP contribution in [0.4, 0.5) is 10.1 Å². The highest BCUT2D eigenvalue weighted by Gasteiger charge is 2.07. The molecule has 3 aromatic carbocycles. The molecular weight excluding hydrogens is 253 g/mol. The van der Waals surface area contributed by atoms with Crippen LogP contribution in [0.3, 0.4) is 0 Å². The molecule has 0 bridgehead atoms. The van der Waals surface area contributed by atoms with Crippen LogP contribution in [0.25, 0.3) is 10.8 Å². The zero-order chi connectivity index (χ0) is 13.9. The molecule has 3 rings (SSSR count). The van der Waals surface area contributed by atoms with Gasteiger partial charge in [0, 0.05) is 10.9 Å². The van der Waals surface area contributed by atoms with E-state index < -0.39 is 5.82 Å². The maximum absolute atomic E-state index is 13.8. The lowest BCUT2D eigenvalue weighted by Crippen LogP contribution is -2.01. The van der Waals surface area contributed by atoms with Gasteiger partial charge in [0.25, 0.3) is 0 Å². The molecule has 0 saturated carbocycles. The molecular formula is C17H14FNO. The zero-order valence-corrected chi connectivity index (χ0v) is 10.8. The highest BCUT2D eigenvalue weighted by molar-refractivity contribution is 5.88. The van der Waals surface area contributed by atoms with E-state index in [9.17, 15) is 4.39 Å². The summed E-state index contributed by atoms with van der Waals surface area (Å²) in [5, 5.41) is 2.11. The van der Waals surface area contributed by atoms with Gasteiger partial charge in [0.1, 0.15) is 12.4 Å². The van der Waals surface area contributed by atoms with Gasteiger partial charge in [-0.15, -0.1) is 0 Å². The second-order valence-electron chi connectivity index (χ2n) is 4.59. The van der Waals surface area contributed by atoms with Crippen LogP contribution in [0.2, 0.25) is 0 Å². The molecule has 0 unspecified atom stereocenters. The van der Waals surface area contributed by atoms with Crippen molar-refractivity contribution in [2.24, 2.45) is 0 Å². The topological polar surface area (TPSA) is 35.2 Å².